The average Bonchev–Trinajstić information content (AvgIpc) is 2.40. The van der Waals surface area contributed by atoms with Gasteiger partial charge in [0.05, 0.1) is 0 Å². The molecule has 98 valence electrons. The second-order valence-corrected chi connectivity index (χ2v) is 5.73. The number of rotatable bonds is 3. The van der Waals surface area contributed by atoms with E-state index in [9.17, 15) is 4.79 Å². The highest BCUT2D eigenvalue weighted by molar-refractivity contribution is 5.69. The first kappa shape index (κ1) is 12.9. The summed E-state index contributed by atoms with van der Waals surface area (Å²) in [4.78, 5) is 11.5. The van der Waals surface area contributed by atoms with Crippen molar-refractivity contribution in [1.82, 2.24) is 0 Å². The highest BCUT2D eigenvalue weighted by Crippen LogP contribution is 2.39. The quantitative estimate of drug-likeness (QED) is 0.692. The Morgan fingerprint density at radius 2 is 1.65 bits per heavy atom. The molecule has 17 heavy (non-hydrogen) atoms. The summed E-state index contributed by atoms with van der Waals surface area (Å²) in [5.74, 6) is 1.50. The minimum absolute atomic E-state index is 0.00212. The van der Waals surface area contributed by atoms with Crippen molar-refractivity contribution in [2.45, 2.75) is 77.2 Å². The van der Waals surface area contributed by atoms with E-state index < -0.39 is 0 Å². The van der Waals surface area contributed by atoms with E-state index >= 15 is 0 Å². The van der Waals surface area contributed by atoms with Crippen molar-refractivity contribution in [2.24, 2.45) is 11.8 Å². The maximum atomic E-state index is 11.5. The van der Waals surface area contributed by atoms with Crippen LogP contribution in [0.15, 0.2) is 0 Å². The normalized spacial score (nSPS) is 31.1. The fourth-order valence-electron chi connectivity index (χ4n) is 3.63. The van der Waals surface area contributed by atoms with Crippen LogP contribution in [-0.4, -0.2) is 12.1 Å². The molecule has 0 N–H and O–H groups in total. The zero-order valence-corrected chi connectivity index (χ0v) is 11.1. The first-order valence-electron chi connectivity index (χ1n) is 7.50. The molecule has 0 bridgehead atoms. The lowest BCUT2D eigenvalue weighted by molar-refractivity contribution is -0.155. The molecule has 2 nitrogen and oxygen atoms in total. The fourth-order valence-corrected chi connectivity index (χ4v) is 3.63. The van der Waals surface area contributed by atoms with Gasteiger partial charge in [-0.25, -0.2) is 0 Å². The zero-order chi connectivity index (χ0) is 12.1. The van der Waals surface area contributed by atoms with Crippen LogP contribution >= 0.6 is 0 Å². The molecular formula is C15H26O2. The Morgan fingerprint density at radius 3 is 2.35 bits per heavy atom. The number of ether oxygens (including phenoxy) is 1. The van der Waals surface area contributed by atoms with Gasteiger partial charge in [0.25, 0.3) is 0 Å². The summed E-state index contributed by atoms with van der Waals surface area (Å²) in [5, 5.41) is 0. The van der Waals surface area contributed by atoms with Crippen molar-refractivity contribution < 1.29 is 9.53 Å². The largest absolute Gasteiger partial charge is 0.462 e. The number of carbonyl (C=O) groups excluding carboxylic acids is 1. The minimum atomic E-state index is -0.00212. The van der Waals surface area contributed by atoms with Gasteiger partial charge in [-0.2, -0.15) is 0 Å². The highest BCUT2D eigenvalue weighted by atomic mass is 16.5. The third kappa shape index (κ3) is 3.46. The Bertz CT molecular complexity index is 243. The van der Waals surface area contributed by atoms with Crippen molar-refractivity contribution in [3.05, 3.63) is 0 Å². The van der Waals surface area contributed by atoms with Crippen LogP contribution in [0.2, 0.25) is 0 Å². The number of carbonyl (C=O) groups is 1. The molecule has 0 heterocycles. The molecular weight excluding hydrogens is 212 g/mol. The minimum Gasteiger partial charge on any atom is -0.462 e. The summed E-state index contributed by atoms with van der Waals surface area (Å²) in [7, 11) is 0. The third-order valence-electron chi connectivity index (χ3n) is 4.58. The van der Waals surface area contributed by atoms with Gasteiger partial charge in [-0.05, 0) is 31.1 Å². The number of esters is 1. The SMILES string of the molecule is CCC(=O)O[C@H]1CCCC[C@H]1C1CCCCC1. The molecule has 0 aromatic heterocycles. The molecule has 2 aliphatic carbocycles. The Hall–Kier alpha value is -0.530. The van der Waals surface area contributed by atoms with Gasteiger partial charge in [0, 0.05) is 6.42 Å². The van der Waals surface area contributed by atoms with E-state index in [0.717, 1.165) is 12.3 Å². The van der Waals surface area contributed by atoms with E-state index in [1.54, 1.807) is 0 Å². The smallest absolute Gasteiger partial charge is 0.305 e. The molecule has 0 aromatic rings. The monoisotopic (exact) mass is 238 g/mol. The molecule has 2 fully saturated rings. The molecule has 0 aromatic carbocycles. The third-order valence-corrected chi connectivity index (χ3v) is 4.58. The Morgan fingerprint density at radius 1 is 1.00 bits per heavy atom. The second-order valence-electron chi connectivity index (χ2n) is 5.73. The Labute approximate surface area is 105 Å². The summed E-state index contributed by atoms with van der Waals surface area (Å²) in [5.41, 5.74) is 0. The van der Waals surface area contributed by atoms with Gasteiger partial charge < -0.3 is 4.74 Å². The Kier molecular flexibility index (Phi) is 4.87. The first-order chi connectivity index (χ1) is 8.31. The van der Waals surface area contributed by atoms with Crippen LogP contribution in [0.1, 0.15) is 71.1 Å². The summed E-state index contributed by atoms with van der Waals surface area (Å²) in [6.07, 6.45) is 12.6. The summed E-state index contributed by atoms with van der Waals surface area (Å²) >= 11 is 0. The van der Waals surface area contributed by atoms with Crippen molar-refractivity contribution in [3.8, 4) is 0 Å². The summed E-state index contributed by atoms with van der Waals surface area (Å²) < 4.78 is 5.67. The van der Waals surface area contributed by atoms with Crippen LogP contribution in [0.4, 0.5) is 0 Å². The van der Waals surface area contributed by atoms with E-state index in [2.05, 4.69) is 0 Å². The van der Waals surface area contributed by atoms with Crippen LogP contribution in [0.5, 0.6) is 0 Å². The molecule has 2 saturated carbocycles. The lowest BCUT2D eigenvalue weighted by Crippen LogP contribution is -2.35. The topological polar surface area (TPSA) is 26.3 Å². The van der Waals surface area contributed by atoms with Gasteiger partial charge in [-0.15, -0.1) is 0 Å². The van der Waals surface area contributed by atoms with E-state index in [4.69, 9.17) is 4.74 Å². The molecule has 0 unspecified atom stereocenters. The fraction of sp³-hybridized carbons (Fsp3) is 0.933. The lowest BCUT2D eigenvalue weighted by Gasteiger charge is -2.38. The molecule has 2 aliphatic rings. The van der Waals surface area contributed by atoms with Gasteiger partial charge >= 0.3 is 5.97 Å². The average molecular weight is 238 g/mol. The van der Waals surface area contributed by atoms with Gasteiger partial charge in [-0.3, -0.25) is 4.79 Å². The van der Waals surface area contributed by atoms with Crippen LogP contribution in [0.25, 0.3) is 0 Å². The van der Waals surface area contributed by atoms with Crippen LogP contribution in [0.3, 0.4) is 0 Å². The maximum Gasteiger partial charge on any atom is 0.305 e. The van der Waals surface area contributed by atoms with Gasteiger partial charge in [0.15, 0.2) is 0 Å². The van der Waals surface area contributed by atoms with Crippen LogP contribution in [-0.2, 0) is 9.53 Å². The van der Waals surface area contributed by atoms with Crippen molar-refractivity contribution in [3.63, 3.8) is 0 Å². The highest BCUT2D eigenvalue weighted by Gasteiger charge is 2.34. The molecule has 2 atom stereocenters. The molecule has 2 heteroatoms. The molecule has 0 amide bonds. The zero-order valence-electron chi connectivity index (χ0n) is 11.1. The van der Waals surface area contributed by atoms with Crippen LogP contribution < -0.4 is 0 Å². The van der Waals surface area contributed by atoms with Gasteiger partial charge in [0.1, 0.15) is 6.10 Å². The van der Waals surface area contributed by atoms with E-state index in [0.29, 0.717) is 12.3 Å². The Balaban J connectivity index is 1.93. The molecule has 0 saturated heterocycles. The van der Waals surface area contributed by atoms with Crippen molar-refractivity contribution in [2.75, 3.05) is 0 Å². The summed E-state index contributed by atoms with van der Waals surface area (Å²) in [6.45, 7) is 1.89. The predicted molar refractivity (Wildman–Crippen MR) is 68.7 cm³/mol. The molecule has 0 aliphatic heterocycles. The molecule has 2 rings (SSSR count). The molecule has 0 spiro atoms. The second kappa shape index (κ2) is 6.42. The maximum absolute atomic E-state index is 11.5. The van der Waals surface area contributed by atoms with Gasteiger partial charge in [-0.1, -0.05) is 45.4 Å². The lowest BCUT2D eigenvalue weighted by atomic mass is 9.72. The standard InChI is InChI=1S/C15H26O2/c1-2-15(16)17-14-11-7-6-10-13(14)12-8-4-3-5-9-12/h12-14H,2-11H2,1H3/t13-,14-/m0/s1. The first-order valence-corrected chi connectivity index (χ1v) is 7.50. The predicted octanol–water partition coefficient (Wildman–Crippen LogP) is 4.08. The molecule has 0 radical (unpaired) electrons. The van der Waals surface area contributed by atoms with Crippen molar-refractivity contribution >= 4 is 5.97 Å². The van der Waals surface area contributed by atoms with E-state index in [1.807, 2.05) is 6.92 Å². The van der Waals surface area contributed by atoms with Crippen molar-refractivity contribution in [1.29, 1.82) is 0 Å². The van der Waals surface area contributed by atoms with Gasteiger partial charge in [0.2, 0.25) is 0 Å². The number of hydrogen-bond donors (Lipinski definition) is 0. The van der Waals surface area contributed by atoms with E-state index in [1.165, 1.54) is 51.4 Å². The number of hydrogen-bond acceptors (Lipinski definition) is 2. The van der Waals surface area contributed by atoms with Crippen LogP contribution in [0, 0.1) is 11.8 Å². The van der Waals surface area contributed by atoms with E-state index in [-0.39, 0.29) is 12.1 Å². The summed E-state index contributed by atoms with van der Waals surface area (Å²) in [6, 6.07) is 0.